The first-order chi connectivity index (χ1) is 16.9. The Balaban J connectivity index is 1.70. The third-order valence-electron chi connectivity index (χ3n) is 5.78. The van der Waals surface area contributed by atoms with Crippen molar-refractivity contribution in [1.29, 1.82) is 0 Å². The van der Waals surface area contributed by atoms with E-state index in [2.05, 4.69) is 4.98 Å². The summed E-state index contributed by atoms with van der Waals surface area (Å²) < 4.78 is 24.7. The van der Waals surface area contributed by atoms with Gasteiger partial charge in [0.15, 0.2) is 5.13 Å². The van der Waals surface area contributed by atoms with Gasteiger partial charge in [-0.3, -0.25) is 14.5 Å². The number of aliphatic hydroxyl groups excluding tert-OH is 1. The van der Waals surface area contributed by atoms with Crippen LogP contribution >= 0.6 is 11.3 Å². The van der Waals surface area contributed by atoms with Crippen LogP contribution in [-0.4, -0.2) is 36.0 Å². The standard InChI is InChI=1S/C26H19FN2O5S/c1-33-17-9-5-14(6-10-17)22-21(23(30)15-3-7-16(27)8-4-15)24(31)25(32)29(22)26-28-19-12-11-18(34-2)13-20(19)35-26/h3-13,22,30H,1-2H3/b23-21+/t22-/m0/s1. The average molecular weight is 491 g/mol. The maximum atomic E-state index is 13.5. The molecule has 0 radical (unpaired) electrons. The van der Waals surface area contributed by atoms with E-state index >= 15 is 0 Å². The van der Waals surface area contributed by atoms with Crippen molar-refractivity contribution in [3.05, 3.63) is 89.2 Å². The number of thiazole rings is 1. The van der Waals surface area contributed by atoms with Gasteiger partial charge in [-0.15, -0.1) is 0 Å². The molecular weight excluding hydrogens is 471 g/mol. The van der Waals surface area contributed by atoms with Gasteiger partial charge in [0.1, 0.15) is 23.1 Å². The number of aromatic nitrogens is 1. The van der Waals surface area contributed by atoms with Gasteiger partial charge in [0.05, 0.1) is 36.1 Å². The van der Waals surface area contributed by atoms with Crippen molar-refractivity contribution in [2.45, 2.75) is 6.04 Å². The largest absolute Gasteiger partial charge is 0.507 e. The van der Waals surface area contributed by atoms with Gasteiger partial charge in [-0.05, 0) is 60.2 Å². The third kappa shape index (κ3) is 3.89. The molecule has 0 unspecified atom stereocenters. The molecule has 176 valence electrons. The van der Waals surface area contributed by atoms with Gasteiger partial charge in [0, 0.05) is 5.56 Å². The molecule has 0 spiro atoms. The second kappa shape index (κ2) is 8.84. The maximum absolute atomic E-state index is 13.5. The van der Waals surface area contributed by atoms with Crippen LogP contribution in [0.5, 0.6) is 11.5 Å². The van der Waals surface area contributed by atoms with Crippen molar-refractivity contribution in [2.75, 3.05) is 19.1 Å². The van der Waals surface area contributed by atoms with E-state index in [4.69, 9.17) is 9.47 Å². The average Bonchev–Trinajstić information content (AvgIpc) is 3.41. The van der Waals surface area contributed by atoms with Crippen molar-refractivity contribution < 1.29 is 28.6 Å². The molecule has 1 aromatic heterocycles. The Hall–Kier alpha value is -4.24. The summed E-state index contributed by atoms with van der Waals surface area (Å²) in [6, 6.07) is 16.3. The Morgan fingerprint density at radius 2 is 1.63 bits per heavy atom. The van der Waals surface area contributed by atoms with Gasteiger partial charge >= 0.3 is 5.91 Å². The molecule has 1 atom stereocenters. The molecule has 1 fully saturated rings. The smallest absolute Gasteiger partial charge is 0.301 e. The molecule has 1 aliphatic rings. The number of rotatable bonds is 5. The molecule has 1 saturated heterocycles. The molecule has 3 aromatic carbocycles. The van der Waals surface area contributed by atoms with E-state index < -0.39 is 29.3 Å². The normalized spacial score (nSPS) is 17.2. The lowest BCUT2D eigenvalue weighted by atomic mass is 9.95. The van der Waals surface area contributed by atoms with E-state index in [1.165, 1.54) is 47.6 Å². The summed E-state index contributed by atoms with van der Waals surface area (Å²) in [5.41, 5.74) is 1.32. The van der Waals surface area contributed by atoms with Crippen molar-refractivity contribution >= 4 is 44.1 Å². The molecule has 2 heterocycles. The summed E-state index contributed by atoms with van der Waals surface area (Å²) in [6.45, 7) is 0. The first-order valence-electron chi connectivity index (χ1n) is 10.6. The summed E-state index contributed by atoms with van der Waals surface area (Å²) in [5.74, 6) is -1.33. The van der Waals surface area contributed by atoms with Crippen molar-refractivity contribution in [3.8, 4) is 11.5 Å². The molecular formula is C26H19FN2O5S. The van der Waals surface area contributed by atoms with Crippen LogP contribution in [0.2, 0.25) is 0 Å². The van der Waals surface area contributed by atoms with Crippen LogP contribution in [0.4, 0.5) is 9.52 Å². The molecule has 1 N–H and O–H groups in total. The van der Waals surface area contributed by atoms with E-state index in [1.807, 2.05) is 0 Å². The van der Waals surface area contributed by atoms with Gasteiger partial charge in [-0.2, -0.15) is 0 Å². The number of halogens is 1. The van der Waals surface area contributed by atoms with Crippen LogP contribution in [-0.2, 0) is 9.59 Å². The predicted molar refractivity (Wildman–Crippen MR) is 130 cm³/mol. The zero-order valence-electron chi connectivity index (χ0n) is 18.7. The second-order valence-electron chi connectivity index (χ2n) is 7.78. The molecule has 35 heavy (non-hydrogen) atoms. The van der Waals surface area contributed by atoms with E-state index in [1.54, 1.807) is 49.6 Å². The third-order valence-corrected chi connectivity index (χ3v) is 6.80. The summed E-state index contributed by atoms with van der Waals surface area (Å²) in [4.78, 5) is 32.4. The van der Waals surface area contributed by atoms with Gasteiger partial charge in [0.2, 0.25) is 0 Å². The number of fused-ring (bicyclic) bond motifs is 1. The summed E-state index contributed by atoms with van der Waals surface area (Å²) in [7, 11) is 3.09. The highest BCUT2D eigenvalue weighted by molar-refractivity contribution is 7.22. The lowest BCUT2D eigenvalue weighted by molar-refractivity contribution is -0.132. The van der Waals surface area contributed by atoms with E-state index in [9.17, 15) is 19.1 Å². The number of methoxy groups -OCH3 is 2. The van der Waals surface area contributed by atoms with Crippen LogP contribution in [0, 0.1) is 5.82 Å². The summed E-state index contributed by atoms with van der Waals surface area (Å²) in [5, 5.41) is 11.4. The molecule has 0 aliphatic carbocycles. The van der Waals surface area contributed by atoms with Crippen molar-refractivity contribution in [2.24, 2.45) is 0 Å². The SMILES string of the molecule is COc1ccc([C@H]2/C(=C(\O)c3ccc(F)cc3)C(=O)C(=O)N2c2nc3ccc(OC)cc3s2)cc1. The number of anilines is 1. The molecule has 9 heteroatoms. The Kier molecular flexibility index (Phi) is 5.70. The minimum absolute atomic E-state index is 0.108. The quantitative estimate of drug-likeness (QED) is 0.239. The highest BCUT2D eigenvalue weighted by Gasteiger charge is 2.48. The number of hydrogen-bond donors (Lipinski definition) is 1. The monoisotopic (exact) mass is 490 g/mol. The predicted octanol–water partition coefficient (Wildman–Crippen LogP) is 5.08. The topological polar surface area (TPSA) is 89.0 Å². The highest BCUT2D eigenvalue weighted by atomic mass is 32.1. The highest BCUT2D eigenvalue weighted by Crippen LogP contribution is 2.44. The van der Waals surface area contributed by atoms with Crippen molar-refractivity contribution in [3.63, 3.8) is 0 Å². The molecule has 0 saturated carbocycles. The van der Waals surface area contributed by atoms with Crippen molar-refractivity contribution in [1.82, 2.24) is 4.98 Å². The molecule has 1 aliphatic heterocycles. The molecule has 7 nitrogen and oxygen atoms in total. The second-order valence-corrected chi connectivity index (χ2v) is 8.79. The number of amides is 1. The number of ether oxygens (including phenoxy) is 2. The first-order valence-corrected chi connectivity index (χ1v) is 11.4. The zero-order chi connectivity index (χ0) is 24.7. The van der Waals surface area contributed by atoms with Gasteiger partial charge in [-0.25, -0.2) is 9.37 Å². The van der Waals surface area contributed by atoms with Gasteiger partial charge in [0.25, 0.3) is 5.78 Å². The van der Waals surface area contributed by atoms with Gasteiger partial charge in [-0.1, -0.05) is 23.5 Å². The number of ketones is 1. The summed E-state index contributed by atoms with van der Waals surface area (Å²) >= 11 is 1.23. The van der Waals surface area contributed by atoms with E-state index in [-0.39, 0.29) is 11.1 Å². The van der Waals surface area contributed by atoms with Crippen LogP contribution < -0.4 is 14.4 Å². The zero-order valence-corrected chi connectivity index (χ0v) is 19.5. The molecule has 1 amide bonds. The lowest BCUT2D eigenvalue weighted by Crippen LogP contribution is -2.29. The van der Waals surface area contributed by atoms with E-state index in [0.29, 0.717) is 27.7 Å². The maximum Gasteiger partial charge on any atom is 0.301 e. The fourth-order valence-electron chi connectivity index (χ4n) is 4.02. The van der Waals surface area contributed by atoms with Crippen LogP contribution in [0.15, 0.2) is 72.3 Å². The Labute approximate surface area is 203 Å². The van der Waals surface area contributed by atoms with Crippen LogP contribution in [0.1, 0.15) is 17.2 Å². The first kappa shape index (κ1) is 22.5. The number of hydrogen-bond acceptors (Lipinski definition) is 7. The minimum Gasteiger partial charge on any atom is -0.507 e. The van der Waals surface area contributed by atoms with E-state index in [0.717, 1.165) is 4.70 Å². The fraction of sp³-hybridized carbons (Fsp3) is 0.115. The fourth-order valence-corrected chi connectivity index (χ4v) is 5.04. The molecule has 5 rings (SSSR count). The number of carbonyl (C=O) groups is 2. The van der Waals surface area contributed by atoms with Gasteiger partial charge < -0.3 is 14.6 Å². The van der Waals surface area contributed by atoms with Crippen LogP contribution in [0.25, 0.3) is 16.0 Å². The molecule has 4 aromatic rings. The Morgan fingerprint density at radius 1 is 0.971 bits per heavy atom. The summed E-state index contributed by atoms with van der Waals surface area (Å²) in [6.07, 6.45) is 0. The number of nitrogens with zero attached hydrogens (tertiary/aromatic N) is 2. The number of carbonyl (C=O) groups excluding carboxylic acids is 2. The Morgan fingerprint density at radius 3 is 2.29 bits per heavy atom. The molecule has 0 bridgehead atoms. The Bertz CT molecular complexity index is 1480. The lowest BCUT2D eigenvalue weighted by Gasteiger charge is -2.23. The van der Waals surface area contributed by atoms with Crippen LogP contribution in [0.3, 0.4) is 0 Å². The number of benzene rings is 3. The number of Topliss-reactive ketones (excluding diaryl/α,β-unsaturated/α-hetero) is 1. The number of aliphatic hydroxyl groups is 1. The minimum atomic E-state index is -0.951.